The largest absolute Gasteiger partial charge is 0.466 e. The third-order valence-electron chi connectivity index (χ3n) is 3.91. The Balaban J connectivity index is 2.10. The molecule has 0 saturated carbocycles. The topological polar surface area (TPSA) is 52.0 Å². The Hall–Kier alpha value is -2.13. The highest BCUT2D eigenvalue weighted by molar-refractivity contribution is 5.79. The minimum Gasteiger partial charge on any atom is -0.466 e. The van der Waals surface area contributed by atoms with Crippen LogP contribution in [0.2, 0.25) is 0 Å². The van der Waals surface area contributed by atoms with Gasteiger partial charge in [-0.15, -0.1) is 0 Å². The van der Waals surface area contributed by atoms with Crippen molar-refractivity contribution in [2.75, 3.05) is 0 Å². The Morgan fingerprint density at radius 1 is 1.10 bits per heavy atom. The van der Waals surface area contributed by atoms with E-state index in [-0.39, 0.29) is 6.04 Å². The molecule has 3 aromatic rings. The van der Waals surface area contributed by atoms with E-state index >= 15 is 0 Å². The van der Waals surface area contributed by atoms with Crippen LogP contribution in [0.25, 0.3) is 10.9 Å². The first-order chi connectivity index (χ1) is 9.58. The minimum atomic E-state index is -0.169. The van der Waals surface area contributed by atoms with Gasteiger partial charge >= 0.3 is 0 Å². The number of pyridine rings is 1. The number of aryl methyl sites for hydroxylation is 2. The van der Waals surface area contributed by atoms with E-state index in [0.717, 1.165) is 39.1 Å². The van der Waals surface area contributed by atoms with E-state index in [1.807, 2.05) is 32.0 Å². The highest BCUT2D eigenvalue weighted by Crippen LogP contribution is 2.30. The third kappa shape index (κ3) is 2.00. The van der Waals surface area contributed by atoms with Crippen LogP contribution in [-0.2, 0) is 0 Å². The molecule has 0 radical (unpaired) electrons. The SMILES string of the molecule is Cc1oc(C)c(C(N)c2ccc3ncccc3c2)c1C. The summed E-state index contributed by atoms with van der Waals surface area (Å²) in [4.78, 5) is 4.33. The molecule has 2 aromatic heterocycles. The van der Waals surface area contributed by atoms with Gasteiger partial charge in [-0.1, -0.05) is 12.1 Å². The molecule has 0 bridgehead atoms. The van der Waals surface area contributed by atoms with E-state index in [9.17, 15) is 0 Å². The van der Waals surface area contributed by atoms with Gasteiger partial charge in [0.25, 0.3) is 0 Å². The van der Waals surface area contributed by atoms with Crippen molar-refractivity contribution in [3.8, 4) is 0 Å². The maximum atomic E-state index is 6.44. The predicted octanol–water partition coefficient (Wildman–Crippen LogP) is 3.80. The van der Waals surface area contributed by atoms with Gasteiger partial charge in [-0.2, -0.15) is 0 Å². The average Bonchev–Trinajstić information content (AvgIpc) is 2.71. The summed E-state index contributed by atoms with van der Waals surface area (Å²) < 4.78 is 5.68. The van der Waals surface area contributed by atoms with Gasteiger partial charge in [0.1, 0.15) is 11.5 Å². The first-order valence-corrected chi connectivity index (χ1v) is 6.74. The molecular formula is C17H18N2O. The molecule has 102 valence electrons. The molecule has 20 heavy (non-hydrogen) atoms. The van der Waals surface area contributed by atoms with E-state index < -0.39 is 0 Å². The molecule has 0 saturated heterocycles. The van der Waals surface area contributed by atoms with Crippen LogP contribution in [0, 0.1) is 20.8 Å². The number of aromatic nitrogens is 1. The second kappa shape index (κ2) is 4.76. The zero-order valence-electron chi connectivity index (χ0n) is 12.0. The number of benzene rings is 1. The van der Waals surface area contributed by atoms with Gasteiger partial charge in [-0.05, 0) is 50.1 Å². The molecule has 3 nitrogen and oxygen atoms in total. The molecule has 0 aliphatic rings. The van der Waals surface area contributed by atoms with Gasteiger partial charge in [-0.25, -0.2) is 0 Å². The lowest BCUT2D eigenvalue weighted by atomic mass is 9.95. The number of nitrogens with zero attached hydrogens (tertiary/aromatic N) is 1. The lowest BCUT2D eigenvalue weighted by molar-refractivity contribution is 0.498. The Kier molecular flexibility index (Phi) is 3.07. The quantitative estimate of drug-likeness (QED) is 0.767. The summed E-state index contributed by atoms with van der Waals surface area (Å²) in [5, 5.41) is 1.11. The number of furan rings is 1. The Morgan fingerprint density at radius 3 is 2.60 bits per heavy atom. The highest BCUT2D eigenvalue weighted by Gasteiger charge is 2.19. The van der Waals surface area contributed by atoms with E-state index in [4.69, 9.17) is 10.2 Å². The van der Waals surface area contributed by atoms with Gasteiger partial charge in [0.2, 0.25) is 0 Å². The van der Waals surface area contributed by atoms with Crippen LogP contribution in [0.3, 0.4) is 0 Å². The zero-order chi connectivity index (χ0) is 14.3. The van der Waals surface area contributed by atoms with Crippen molar-refractivity contribution in [3.05, 3.63) is 64.7 Å². The molecular weight excluding hydrogens is 248 g/mol. The fourth-order valence-electron chi connectivity index (χ4n) is 2.72. The first-order valence-electron chi connectivity index (χ1n) is 6.74. The third-order valence-corrected chi connectivity index (χ3v) is 3.91. The number of hydrogen-bond donors (Lipinski definition) is 1. The summed E-state index contributed by atoms with van der Waals surface area (Å²) in [7, 11) is 0. The molecule has 0 aliphatic carbocycles. The molecule has 0 fully saturated rings. The van der Waals surface area contributed by atoms with Gasteiger partial charge in [0.05, 0.1) is 11.6 Å². The smallest absolute Gasteiger partial charge is 0.106 e. The van der Waals surface area contributed by atoms with Gasteiger partial charge in [0, 0.05) is 17.1 Å². The van der Waals surface area contributed by atoms with E-state index in [0.29, 0.717) is 0 Å². The summed E-state index contributed by atoms with van der Waals surface area (Å²) in [6.45, 7) is 6.00. The van der Waals surface area contributed by atoms with Crippen LogP contribution in [0.4, 0.5) is 0 Å². The molecule has 2 N–H and O–H groups in total. The summed E-state index contributed by atoms with van der Waals surface area (Å²) in [5.41, 5.74) is 10.7. The second-order valence-electron chi connectivity index (χ2n) is 5.19. The van der Waals surface area contributed by atoms with Gasteiger partial charge < -0.3 is 10.2 Å². The molecule has 2 heterocycles. The van der Waals surface area contributed by atoms with Crippen LogP contribution >= 0.6 is 0 Å². The molecule has 3 rings (SSSR count). The molecule has 1 atom stereocenters. The van der Waals surface area contributed by atoms with Crippen LogP contribution in [0.1, 0.15) is 34.3 Å². The van der Waals surface area contributed by atoms with Crippen molar-refractivity contribution in [2.24, 2.45) is 5.73 Å². The highest BCUT2D eigenvalue weighted by atomic mass is 16.3. The molecule has 1 unspecified atom stereocenters. The van der Waals surface area contributed by atoms with Crippen LogP contribution in [0.5, 0.6) is 0 Å². The second-order valence-corrected chi connectivity index (χ2v) is 5.19. The fourth-order valence-corrected chi connectivity index (χ4v) is 2.72. The number of fused-ring (bicyclic) bond motifs is 1. The number of hydrogen-bond acceptors (Lipinski definition) is 3. The summed E-state index contributed by atoms with van der Waals surface area (Å²) in [6.07, 6.45) is 1.80. The lowest BCUT2D eigenvalue weighted by Gasteiger charge is -2.13. The summed E-state index contributed by atoms with van der Waals surface area (Å²) in [6, 6.07) is 9.99. The number of rotatable bonds is 2. The molecule has 0 aliphatic heterocycles. The summed E-state index contributed by atoms with van der Waals surface area (Å²) >= 11 is 0. The Labute approximate surface area is 118 Å². The van der Waals surface area contributed by atoms with Gasteiger partial charge in [-0.3, -0.25) is 4.98 Å². The lowest BCUT2D eigenvalue weighted by Crippen LogP contribution is -2.13. The van der Waals surface area contributed by atoms with Crippen LogP contribution in [0.15, 0.2) is 40.9 Å². The van der Waals surface area contributed by atoms with Crippen molar-refractivity contribution in [3.63, 3.8) is 0 Å². The van der Waals surface area contributed by atoms with Crippen molar-refractivity contribution < 1.29 is 4.42 Å². The normalized spacial score (nSPS) is 12.8. The van der Waals surface area contributed by atoms with Crippen LogP contribution in [-0.4, -0.2) is 4.98 Å². The van der Waals surface area contributed by atoms with Crippen molar-refractivity contribution in [2.45, 2.75) is 26.8 Å². The predicted molar refractivity (Wildman–Crippen MR) is 80.7 cm³/mol. The van der Waals surface area contributed by atoms with E-state index in [1.165, 1.54) is 0 Å². The Morgan fingerprint density at radius 2 is 1.90 bits per heavy atom. The van der Waals surface area contributed by atoms with E-state index in [1.54, 1.807) is 6.20 Å². The summed E-state index contributed by atoms with van der Waals surface area (Å²) in [5.74, 6) is 1.84. The standard InChI is InChI=1S/C17H18N2O/c1-10-11(2)20-12(3)16(10)17(18)14-6-7-15-13(9-14)5-4-8-19-15/h4-9,17H,18H2,1-3H3. The monoisotopic (exact) mass is 266 g/mol. The van der Waals surface area contributed by atoms with Gasteiger partial charge in [0.15, 0.2) is 0 Å². The molecule has 0 amide bonds. The molecule has 3 heteroatoms. The maximum absolute atomic E-state index is 6.44. The van der Waals surface area contributed by atoms with Crippen molar-refractivity contribution in [1.29, 1.82) is 0 Å². The van der Waals surface area contributed by atoms with Crippen LogP contribution < -0.4 is 5.73 Å². The number of nitrogens with two attached hydrogens (primary N) is 1. The van der Waals surface area contributed by atoms with E-state index in [2.05, 4.69) is 24.0 Å². The minimum absolute atomic E-state index is 0.169. The Bertz CT molecular complexity index is 774. The zero-order valence-corrected chi connectivity index (χ0v) is 12.0. The maximum Gasteiger partial charge on any atom is 0.106 e. The molecule has 1 aromatic carbocycles. The fraction of sp³-hybridized carbons (Fsp3) is 0.235. The molecule has 0 spiro atoms. The average molecular weight is 266 g/mol. The van der Waals surface area contributed by atoms with Crippen molar-refractivity contribution >= 4 is 10.9 Å². The first kappa shape index (κ1) is 12.9. The van der Waals surface area contributed by atoms with Crippen molar-refractivity contribution in [1.82, 2.24) is 4.98 Å².